The summed E-state index contributed by atoms with van der Waals surface area (Å²) in [6, 6.07) is 5.75. The Morgan fingerprint density at radius 2 is 2.23 bits per heavy atom. The third-order valence-corrected chi connectivity index (χ3v) is 2.54. The van der Waals surface area contributed by atoms with E-state index in [9.17, 15) is 5.11 Å². The molecule has 1 unspecified atom stereocenters. The molecule has 0 aromatic heterocycles. The van der Waals surface area contributed by atoms with Gasteiger partial charge in [-0.1, -0.05) is 22.0 Å². The number of aliphatic hydroxyl groups excluding tert-OH is 1. The molecular weight excluding hydrogens is 232 g/mol. The first-order valence-corrected chi connectivity index (χ1v) is 4.94. The van der Waals surface area contributed by atoms with Crippen LogP contribution < -0.4 is 4.74 Å². The lowest BCUT2D eigenvalue weighted by molar-refractivity contribution is 0.194. The van der Waals surface area contributed by atoms with E-state index < -0.39 is 0 Å². The maximum Gasteiger partial charge on any atom is 0.123 e. The minimum Gasteiger partial charge on any atom is -0.496 e. The molecule has 0 aliphatic carbocycles. The van der Waals surface area contributed by atoms with Crippen LogP contribution in [0.2, 0.25) is 0 Å². The van der Waals surface area contributed by atoms with E-state index in [1.807, 2.05) is 18.2 Å². The van der Waals surface area contributed by atoms with Crippen LogP contribution in [-0.2, 0) is 6.42 Å². The Kier molecular flexibility index (Phi) is 3.75. The SMILES string of the molecule is COc1cccc(Br)c1CC(C)O. The van der Waals surface area contributed by atoms with Crippen LogP contribution in [0.1, 0.15) is 12.5 Å². The molecule has 0 bridgehead atoms. The predicted octanol–water partition coefficient (Wildman–Crippen LogP) is 2.38. The van der Waals surface area contributed by atoms with E-state index in [-0.39, 0.29) is 6.10 Å². The Morgan fingerprint density at radius 1 is 1.54 bits per heavy atom. The van der Waals surface area contributed by atoms with Gasteiger partial charge in [-0.2, -0.15) is 0 Å². The van der Waals surface area contributed by atoms with Gasteiger partial charge in [-0.15, -0.1) is 0 Å². The summed E-state index contributed by atoms with van der Waals surface area (Å²) >= 11 is 3.43. The topological polar surface area (TPSA) is 29.5 Å². The second-order valence-electron chi connectivity index (χ2n) is 2.97. The van der Waals surface area contributed by atoms with Crippen molar-refractivity contribution in [1.29, 1.82) is 0 Å². The number of hydrogen-bond acceptors (Lipinski definition) is 2. The second kappa shape index (κ2) is 4.63. The van der Waals surface area contributed by atoms with Gasteiger partial charge in [-0.05, 0) is 19.1 Å². The molecule has 13 heavy (non-hydrogen) atoms. The largest absolute Gasteiger partial charge is 0.496 e. The zero-order chi connectivity index (χ0) is 9.84. The van der Waals surface area contributed by atoms with E-state index >= 15 is 0 Å². The van der Waals surface area contributed by atoms with Crippen molar-refractivity contribution >= 4 is 15.9 Å². The zero-order valence-corrected chi connectivity index (χ0v) is 9.34. The van der Waals surface area contributed by atoms with Crippen LogP contribution in [0.4, 0.5) is 0 Å². The Morgan fingerprint density at radius 3 is 2.77 bits per heavy atom. The van der Waals surface area contributed by atoms with Gasteiger partial charge in [0.1, 0.15) is 5.75 Å². The van der Waals surface area contributed by atoms with Crippen molar-refractivity contribution in [2.45, 2.75) is 19.4 Å². The Labute approximate surface area is 86.7 Å². The third kappa shape index (κ3) is 2.71. The van der Waals surface area contributed by atoms with E-state index in [1.165, 1.54) is 0 Å². The smallest absolute Gasteiger partial charge is 0.123 e. The highest BCUT2D eigenvalue weighted by Gasteiger charge is 2.09. The van der Waals surface area contributed by atoms with E-state index in [1.54, 1.807) is 14.0 Å². The number of methoxy groups -OCH3 is 1. The fraction of sp³-hybridized carbons (Fsp3) is 0.400. The second-order valence-corrected chi connectivity index (χ2v) is 3.83. The molecule has 1 aromatic carbocycles. The molecule has 0 aliphatic heterocycles. The molecule has 0 aliphatic rings. The lowest BCUT2D eigenvalue weighted by atomic mass is 10.1. The van der Waals surface area contributed by atoms with Gasteiger partial charge in [-0.3, -0.25) is 0 Å². The monoisotopic (exact) mass is 244 g/mol. The Bertz CT molecular complexity index is 284. The van der Waals surface area contributed by atoms with Gasteiger partial charge in [0.25, 0.3) is 0 Å². The van der Waals surface area contributed by atoms with Crippen molar-refractivity contribution in [2.75, 3.05) is 7.11 Å². The fourth-order valence-electron chi connectivity index (χ4n) is 1.22. The summed E-state index contributed by atoms with van der Waals surface area (Å²) in [5.74, 6) is 0.815. The molecule has 3 heteroatoms. The molecule has 72 valence electrons. The van der Waals surface area contributed by atoms with Crippen molar-refractivity contribution in [1.82, 2.24) is 0 Å². The van der Waals surface area contributed by atoms with Gasteiger partial charge in [-0.25, -0.2) is 0 Å². The van der Waals surface area contributed by atoms with E-state index in [0.29, 0.717) is 6.42 Å². The summed E-state index contributed by atoms with van der Waals surface area (Å²) in [5, 5.41) is 9.27. The molecule has 1 atom stereocenters. The average molecular weight is 245 g/mol. The van der Waals surface area contributed by atoms with Gasteiger partial charge in [0.2, 0.25) is 0 Å². The van der Waals surface area contributed by atoms with Crippen molar-refractivity contribution in [3.63, 3.8) is 0 Å². The standard InChI is InChI=1S/C10H13BrO2/c1-7(12)6-8-9(11)4-3-5-10(8)13-2/h3-5,7,12H,6H2,1-2H3. The van der Waals surface area contributed by atoms with Gasteiger partial charge < -0.3 is 9.84 Å². The predicted molar refractivity (Wildman–Crippen MR) is 56.1 cm³/mol. The lowest BCUT2D eigenvalue weighted by Crippen LogP contribution is -2.06. The minimum atomic E-state index is -0.354. The summed E-state index contributed by atoms with van der Waals surface area (Å²) in [6.07, 6.45) is 0.248. The maximum atomic E-state index is 9.27. The van der Waals surface area contributed by atoms with E-state index in [4.69, 9.17) is 4.74 Å². The van der Waals surface area contributed by atoms with Crippen LogP contribution in [-0.4, -0.2) is 18.3 Å². The molecule has 0 amide bonds. The van der Waals surface area contributed by atoms with Crippen molar-refractivity contribution < 1.29 is 9.84 Å². The van der Waals surface area contributed by atoms with Gasteiger partial charge in [0.05, 0.1) is 13.2 Å². The van der Waals surface area contributed by atoms with Crippen molar-refractivity contribution in [3.8, 4) is 5.75 Å². The van der Waals surface area contributed by atoms with Crippen LogP contribution in [0.15, 0.2) is 22.7 Å². The molecule has 0 saturated carbocycles. The molecule has 0 saturated heterocycles. The summed E-state index contributed by atoms with van der Waals surface area (Å²) in [5.41, 5.74) is 1.01. The number of benzene rings is 1. The average Bonchev–Trinajstić information content (AvgIpc) is 2.08. The first-order valence-electron chi connectivity index (χ1n) is 4.14. The van der Waals surface area contributed by atoms with Gasteiger partial charge in [0, 0.05) is 16.5 Å². The van der Waals surface area contributed by atoms with Crippen LogP contribution >= 0.6 is 15.9 Å². The highest BCUT2D eigenvalue weighted by Crippen LogP contribution is 2.27. The quantitative estimate of drug-likeness (QED) is 0.885. The van der Waals surface area contributed by atoms with Crippen LogP contribution in [0, 0.1) is 0 Å². The molecule has 0 heterocycles. The van der Waals surface area contributed by atoms with Gasteiger partial charge in [0.15, 0.2) is 0 Å². The van der Waals surface area contributed by atoms with Crippen LogP contribution in [0.5, 0.6) is 5.75 Å². The molecular formula is C10H13BrO2. The first kappa shape index (κ1) is 10.5. The number of ether oxygens (including phenoxy) is 1. The summed E-state index contributed by atoms with van der Waals surface area (Å²) in [7, 11) is 1.63. The molecule has 1 N–H and O–H groups in total. The number of aliphatic hydroxyl groups is 1. The third-order valence-electron chi connectivity index (χ3n) is 1.80. The molecule has 0 radical (unpaired) electrons. The molecule has 0 spiro atoms. The maximum absolute atomic E-state index is 9.27. The van der Waals surface area contributed by atoms with Crippen molar-refractivity contribution in [2.24, 2.45) is 0 Å². The number of halogens is 1. The van der Waals surface area contributed by atoms with E-state index in [2.05, 4.69) is 15.9 Å². The number of hydrogen-bond donors (Lipinski definition) is 1. The van der Waals surface area contributed by atoms with Crippen molar-refractivity contribution in [3.05, 3.63) is 28.2 Å². The molecule has 1 aromatic rings. The van der Waals surface area contributed by atoms with Gasteiger partial charge >= 0.3 is 0 Å². The van der Waals surface area contributed by atoms with Crippen LogP contribution in [0.25, 0.3) is 0 Å². The number of rotatable bonds is 3. The molecule has 2 nitrogen and oxygen atoms in total. The lowest BCUT2D eigenvalue weighted by Gasteiger charge is -2.11. The molecule has 0 fully saturated rings. The van der Waals surface area contributed by atoms with Crippen LogP contribution in [0.3, 0.4) is 0 Å². The normalized spacial score (nSPS) is 12.6. The molecule has 1 rings (SSSR count). The fourth-order valence-corrected chi connectivity index (χ4v) is 1.73. The summed E-state index contributed by atoms with van der Waals surface area (Å²) in [6.45, 7) is 1.76. The first-order chi connectivity index (χ1) is 6.15. The zero-order valence-electron chi connectivity index (χ0n) is 7.75. The summed E-state index contributed by atoms with van der Waals surface area (Å²) in [4.78, 5) is 0. The Hall–Kier alpha value is -0.540. The Balaban J connectivity index is 3.00. The highest BCUT2D eigenvalue weighted by molar-refractivity contribution is 9.10. The van der Waals surface area contributed by atoms with E-state index in [0.717, 1.165) is 15.8 Å². The highest BCUT2D eigenvalue weighted by atomic mass is 79.9. The summed E-state index contributed by atoms with van der Waals surface area (Å²) < 4.78 is 6.17. The minimum absolute atomic E-state index is 0.354.